The molecular formula is C71H161N7O. The van der Waals surface area contributed by atoms with Crippen molar-refractivity contribution < 1.29 is 4.74 Å². The highest BCUT2D eigenvalue weighted by Gasteiger charge is 2.38. The van der Waals surface area contributed by atoms with Crippen LogP contribution in [0.25, 0.3) is 0 Å². The van der Waals surface area contributed by atoms with Gasteiger partial charge in [0.15, 0.2) is 0 Å². The second kappa shape index (κ2) is 54.3. The quantitative estimate of drug-likeness (QED) is 0.179. The highest BCUT2D eigenvalue weighted by molar-refractivity contribution is 4.93. The van der Waals surface area contributed by atoms with E-state index in [0.29, 0.717) is 24.0 Å². The average Bonchev–Trinajstić information content (AvgIpc) is 4.08. The van der Waals surface area contributed by atoms with Crippen molar-refractivity contribution in [3.8, 4) is 0 Å². The van der Waals surface area contributed by atoms with Crippen LogP contribution in [0.5, 0.6) is 0 Å². The van der Waals surface area contributed by atoms with E-state index < -0.39 is 0 Å². The molecule has 6 aliphatic heterocycles. The van der Waals surface area contributed by atoms with Crippen LogP contribution in [0.15, 0.2) is 0 Å². The fraction of sp³-hybridized carbons (Fsp3) is 1.00. The normalized spacial score (nSPS) is 24.3. The molecular weight excluding hydrogens is 967 g/mol. The van der Waals surface area contributed by atoms with Crippen LogP contribution in [-0.4, -0.2) is 179 Å². The third kappa shape index (κ3) is 38.4. The van der Waals surface area contributed by atoms with Gasteiger partial charge in [-0.05, 0) is 171 Å². The Hall–Kier alpha value is -0.320. The first-order chi connectivity index (χ1) is 37.1. The van der Waals surface area contributed by atoms with E-state index in [-0.39, 0.29) is 0 Å². The summed E-state index contributed by atoms with van der Waals surface area (Å²) in [5, 5.41) is 0. The number of hydrogen-bond donors (Lipinski definition) is 0. The van der Waals surface area contributed by atoms with Crippen LogP contribution in [0.1, 0.15) is 288 Å². The molecule has 0 amide bonds. The summed E-state index contributed by atoms with van der Waals surface area (Å²) in [6.45, 7) is 91.2. The maximum atomic E-state index is 5.48. The second-order valence-corrected chi connectivity index (χ2v) is 25.6. The lowest BCUT2D eigenvalue weighted by molar-refractivity contribution is -0.0386. The Morgan fingerprint density at radius 1 is 0.266 bits per heavy atom. The Balaban J connectivity index is -0.000000195. The van der Waals surface area contributed by atoms with Crippen molar-refractivity contribution >= 4 is 0 Å². The van der Waals surface area contributed by atoms with Crippen LogP contribution in [0.3, 0.4) is 0 Å². The minimum absolute atomic E-state index is 0.624. The van der Waals surface area contributed by atoms with Crippen LogP contribution in [0.2, 0.25) is 0 Å². The van der Waals surface area contributed by atoms with Gasteiger partial charge in [-0.2, -0.15) is 0 Å². The number of likely N-dealkylation sites (tertiary alicyclic amines) is 3. The summed E-state index contributed by atoms with van der Waals surface area (Å²) in [5.74, 6) is 4.83. The van der Waals surface area contributed by atoms with Crippen molar-refractivity contribution in [3.63, 3.8) is 0 Å². The molecule has 6 rings (SSSR count). The largest absolute Gasteiger partial charge is 0.378 e. The minimum atomic E-state index is 0.624. The van der Waals surface area contributed by atoms with E-state index in [1.165, 1.54) is 84.3 Å². The maximum absolute atomic E-state index is 5.48. The van der Waals surface area contributed by atoms with Crippen LogP contribution in [-0.2, 0) is 4.74 Å². The molecule has 6 fully saturated rings. The summed E-state index contributed by atoms with van der Waals surface area (Å²) < 4.78 is 5.48. The molecule has 7 atom stereocenters. The van der Waals surface area contributed by atoms with E-state index in [1.54, 1.807) is 0 Å². The van der Waals surface area contributed by atoms with E-state index in [4.69, 9.17) is 4.74 Å². The number of piperidine rings is 1. The zero-order chi connectivity index (χ0) is 63.5. The lowest BCUT2D eigenvalue weighted by Crippen LogP contribution is -2.56. The molecule has 79 heavy (non-hydrogen) atoms. The van der Waals surface area contributed by atoms with Gasteiger partial charge in [0, 0.05) is 112 Å². The van der Waals surface area contributed by atoms with Crippen LogP contribution >= 0.6 is 0 Å². The first-order valence-corrected chi connectivity index (χ1v) is 35.0. The number of ether oxygens (including phenoxy) is 1. The third-order valence-corrected chi connectivity index (χ3v) is 16.2. The molecule has 8 heteroatoms. The zero-order valence-corrected chi connectivity index (χ0v) is 62.2. The predicted octanol–water partition coefficient (Wildman–Crippen LogP) is 18.9. The summed E-state index contributed by atoms with van der Waals surface area (Å²) in [6, 6.07) is 9.18. The van der Waals surface area contributed by atoms with Crippen molar-refractivity contribution in [2.75, 3.05) is 72.6 Å². The Morgan fingerprint density at radius 3 is 0.823 bits per heavy atom. The van der Waals surface area contributed by atoms with Gasteiger partial charge in [-0.1, -0.05) is 173 Å². The van der Waals surface area contributed by atoms with Gasteiger partial charge >= 0.3 is 0 Å². The topological polar surface area (TPSA) is 31.7 Å². The Kier molecular flexibility index (Phi) is 61.8. The summed E-state index contributed by atoms with van der Waals surface area (Å²) in [6.07, 6.45) is 8.48. The first kappa shape index (κ1) is 89.9. The fourth-order valence-electron chi connectivity index (χ4n) is 11.7. The standard InChI is InChI=1S/C11H24N2.C11H23N.C10H21NO.C10H21N.C9H19N.C8H17N.6C2H6/c1-9(2)11-8-12(5)6-7-13(11)10(3)4;1-9(2)11-7-5-6-8-12(11)10(3)4;1-8(2)10-7-12-6-5-11(10)9(3)4;1-8(2)10-6-5-7-11(10)9(3)4;1-7(2)9-5-6-10(9)8(3)4;1-6(2)8-5-9(8)7(3)4;6*1-2/h9-11H,6-8H2,1-5H3;9-11H,5-8H2,1-4H3;8-10H,5-7H2,1-4H3;8-10H,5-7H2,1-4H3;7-9H,5-6H2,1-4H3;6-8H,5H2,1-4H3;6*1-2H3. The molecule has 486 valence electrons. The van der Waals surface area contributed by atoms with E-state index in [1.807, 2.05) is 83.1 Å². The lowest BCUT2D eigenvalue weighted by Gasteiger charge is -2.46. The number of rotatable bonds is 12. The molecule has 0 aliphatic carbocycles. The molecule has 0 N–H and O–H groups in total. The third-order valence-electron chi connectivity index (χ3n) is 16.2. The molecule has 0 spiro atoms. The van der Waals surface area contributed by atoms with Gasteiger partial charge in [0.2, 0.25) is 0 Å². The van der Waals surface area contributed by atoms with Gasteiger partial charge in [-0.15, -0.1) is 0 Å². The maximum Gasteiger partial charge on any atom is 0.0625 e. The smallest absolute Gasteiger partial charge is 0.0625 e. The Morgan fingerprint density at radius 2 is 0.557 bits per heavy atom. The van der Waals surface area contributed by atoms with E-state index in [2.05, 4.69) is 208 Å². The zero-order valence-electron chi connectivity index (χ0n) is 62.2. The molecule has 6 saturated heterocycles. The summed E-state index contributed by atoms with van der Waals surface area (Å²) >= 11 is 0. The molecule has 0 radical (unpaired) electrons. The second-order valence-electron chi connectivity index (χ2n) is 25.6. The van der Waals surface area contributed by atoms with Gasteiger partial charge in [0.1, 0.15) is 0 Å². The van der Waals surface area contributed by atoms with Crippen LogP contribution in [0.4, 0.5) is 0 Å². The SMILES string of the molecule is CC.CC.CC.CC.CC.CC.CC(C)C1CCCCN1C(C)C.CC(C)C1CCCN1C(C)C.CC(C)C1CCN1C(C)C.CC(C)C1CN(C)CCN1C(C)C.CC(C)C1CN1C(C)C.CC(C)C1COCCN1C(C)C. The van der Waals surface area contributed by atoms with Crippen molar-refractivity contribution in [2.24, 2.45) is 35.5 Å². The molecule has 0 aromatic rings. The molecule has 0 saturated carbocycles. The van der Waals surface area contributed by atoms with E-state index in [0.717, 1.165) is 104 Å². The van der Waals surface area contributed by atoms with Crippen molar-refractivity contribution in [2.45, 2.75) is 360 Å². The number of hydrogen-bond acceptors (Lipinski definition) is 8. The number of likely N-dealkylation sites (N-methyl/N-ethyl adjacent to an activating group) is 1. The van der Waals surface area contributed by atoms with Gasteiger partial charge < -0.3 is 9.64 Å². The summed E-state index contributed by atoms with van der Waals surface area (Å²) in [7, 11) is 2.23. The van der Waals surface area contributed by atoms with Crippen molar-refractivity contribution in [1.29, 1.82) is 0 Å². The molecule has 8 nitrogen and oxygen atoms in total. The van der Waals surface area contributed by atoms with E-state index in [9.17, 15) is 0 Å². The summed E-state index contributed by atoms with van der Waals surface area (Å²) in [4.78, 5) is 18.1. The van der Waals surface area contributed by atoms with Crippen LogP contribution in [0, 0.1) is 35.5 Å². The highest BCUT2D eigenvalue weighted by Crippen LogP contribution is 2.29. The molecule has 0 aromatic heterocycles. The number of piperazine rings is 1. The van der Waals surface area contributed by atoms with Crippen LogP contribution < -0.4 is 0 Å². The summed E-state index contributed by atoms with van der Waals surface area (Å²) in [5.41, 5.74) is 0. The average molecular weight is 1130 g/mol. The predicted molar refractivity (Wildman–Crippen MR) is 367 cm³/mol. The van der Waals surface area contributed by atoms with Gasteiger partial charge in [0.05, 0.1) is 13.2 Å². The fourth-order valence-corrected chi connectivity index (χ4v) is 11.7. The van der Waals surface area contributed by atoms with Gasteiger partial charge in [-0.25, -0.2) is 0 Å². The van der Waals surface area contributed by atoms with Gasteiger partial charge in [0.25, 0.3) is 0 Å². The lowest BCUT2D eigenvalue weighted by atomic mass is 9.90. The molecule has 0 aromatic carbocycles. The number of morpholine rings is 1. The van der Waals surface area contributed by atoms with Crippen molar-refractivity contribution in [1.82, 2.24) is 34.3 Å². The minimum Gasteiger partial charge on any atom is -0.378 e. The molecule has 7 unspecified atom stereocenters. The number of nitrogens with zero attached hydrogens (tertiary/aromatic N) is 7. The molecule has 0 bridgehead atoms. The van der Waals surface area contributed by atoms with Crippen molar-refractivity contribution in [3.05, 3.63) is 0 Å². The highest BCUT2D eigenvalue weighted by atomic mass is 16.5. The molecule has 6 aliphatic rings. The monoisotopic (exact) mass is 1130 g/mol. The Labute approximate surface area is 505 Å². The Bertz CT molecular complexity index is 1110. The van der Waals surface area contributed by atoms with E-state index >= 15 is 0 Å². The van der Waals surface area contributed by atoms with Gasteiger partial charge in [-0.3, -0.25) is 29.4 Å². The molecule has 6 heterocycles. The first-order valence-electron chi connectivity index (χ1n) is 35.0.